The Bertz CT molecular complexity index is 1240. The fourth-order valence-corrected chi connectivity index (χ4v) is 4.86. The number of aromatic nitrogens is 3. The van der Waals surface area contributed by atoms with Crippen LogP contribution in [0.1, 0.15) is 47.4 Å². The molecule has 1 amide bonds. The van der Waals surface area contributed by atoms with Crippen LogP contribution in [0.15, 0.2) is 66.0 Å². The number of thiophene rings is 1. The van der Waals surface area contributed by atoms with Crippen molar-refractivity contribution in [1.82, 2.24) is 20.1 Å². The Morgan fingerprint density at radius 3 is 2.58 bits per heavy atom. The van der Waals surface area contributed by atoms with Gasteiger partial charge in [-0.1, -0.05) is 73.5 Å². The summed E-state index contributed by atoms with van der Waals surface area (Å²) in [4.78, 5) is 14.1. The predicted octanol–water partition coefficient (Wildman–Crippen LogP) is 6.23. The molecule has 4 aromatic rings. The summed E-state index contributed by atoms with van der Waals surface area (Å²) >= 11 is 7.08. The van der Waals surface area contributed by atoms with Gasteiger partial charge in [-0.2, -0.15) is 5.10 Å². The van der Waals surface area contributed by atoms with E-state index < -0.39 is 0 Å². The molecule has 0 spiro atoms. The van der Waals surface area contributed by atoms with Crippen LogP contribution in [0.4, 0.5) is 0 Å². The van der Waals surface area contributed by atoms with Crippen molar-refractivity contribution >= 4 is 29.5 Å². The molecule has 2 heterocycles. The molecule has 0 radical (unpaired) electrons. The molecule has 33 heavy (non-hydrogen) atoms. The largest absolute Gasteiger partial charge is 0.344 e. The summed E-state index contributed by atoms with van der Waals surface area (Å²) in [5.74, 6) is 0.720. The van der Waals surface area contributed by atoms with Crippen LogP contribution in [0.3, 0.4) is 0 Å². The van der Waals surface area contributed by atoms with Gasteiger partial charge in [-0.25, -0.2) is 0 Å². The van der Waals surface area contributed by atoms with Gasteiger partial charge in [-0.15, -0.1) is 11.3 Å². The van der Waals surface area contributed by atoms with E-state index in [0.29, 0.717) is 17.7 Å². The summed E-state index contributed by atoms with van der Waals surface area (Å²) in [5.41, 5.74) is 4.56. The highest BCUT2D eigenvalue weighted by Crippen LogP contribution is 2.27. The summed E-state index contributed by atoms with van der Waals surface area (Å²) in [6.07, 6.45) is 2.49. The van der Waals surface area contributed by atoms with Crippen molar-refractivity contribution < 1.29 is 4.79 Å². The van der Waals surface area contributed by atoms with Crippen molar-refractivity contribution in [3.63, 3.8) is 0 Å². The molecule has 0 fully saturated rings. The highest BCUT2D eigenvalue weighted by Gasteiger charge is 2.19. The Kier molecular flexibility index (Phi) is 7.52. The van der Waals surface area contributed by atoms with Gasteiger partial charge in [-0.3, -0.25) is 14.5 Å². The third kappa shape index (κ3) is 5.67. The molecule has 0 saturated carbocycles. The monoisotopic (exact) mass is 476 g/mol. The number of hydrogen-bond donors (Lipinski definition) is 2. The highest BCUT2D eigenvalue weighted by atomic mass is 32.1. The van der Waals surface area contributed by atoms with E-state index in [9.17, 15) is 4.79 Å². The standard InChI is InChI=1S/C26H28N4OS2/c1-3-5-19-9-13-20(14-10-19)24(22-6-4-17-33-22)27-23(31)15-16-30-25(28-29-26(30)32)21-11-7-18(2)8-12-21/h4,6-14,17,24H,3,5,15-16H2,1-2H3,(H,27,31)(H,29,32). The maximum Gasteiger partial charge on any atom is 0.222 e. The van der Waals surface area contributed by atoms with Gasteiger partial charge in [0.1, 0.15) is 0 Å². The number of H-pyrrole nitrogens is 1. The molecule has 2 aromatic carbocycles. The number of amides is 1. The lowest BCUT2D eigenvalue weighted by molar-refractivity contribution is -0.121. The molecule has 2 aromatic heterocycles. The third-order valence-corrected chi connectivity index (χ3v) is 6.86. The van der Waals surface area contributed by atoms with Crippen LogP contribution >= 0.6 is 23.6 Å². The van der Waals surface area contributed by atoms with E-state index >= 15 is 0 Å². The molecular weight excluding hydrogens is 448 g/mol. The minimum absolute atomic E-state index is 0.0241. The maximum atomic E-state index is 13.0. The average molecular weight is 477 g/mol. The molecule has 0 bridgehead atoms. The number of aromatic amines is 1. The molecule has 1 unspecified atom stereocenters. The summed E-state index contributed by atoms with van der Waals surface area (Å²) in [6.45, 7) is 4.68. The fourth-order valence-electron chi connectivity index (χ4n) is 3.83. The van der Waals surface area contributed by atoms with Crippen LogP contribution in [0.25, 0.3) is 11.4 Å². The van der Waals surface area contributed by atoms with Gasteiger partial charge >= 0.3 is 0 Å². The maximum absolute atomic E-state index is 13.0. The van der Waals surface area contributed by atoms with E-state index in [1.807, 2.05) is 47.2 Å². The number of benzene rings is 2. The van der Waals surface area contributed by atoms with E-state index in [-0.39, 0.29) is 11.9 Å². The number of aryl methyl sites for hydroxylation is 2. The molecule has 7 heteroatoms. The average Bonchev–Trinajstić information content (AvgIpc) is 3.48. The minimum atomic E-state index is -0.165. The van der Waals surface area contributed by atoms with Crippen molar-refractivity contribution in [1.29, 1.82) is 0 Å². The molecule has 4 rings (SSSR count). The fraction of sp³-hybridized carbons (Fsp3) is 0.269. The number of nitrogens with one attached hydrogen (secondary N) is 2. The van der Waals surface area contributed by atoms with Gasteiger partial charge in [0.25, 0.3) is 0 Å². The van der Waals surface area contributed by atoms with E-state index in [1.165, 1.54) is 11.1 Å². The Morgan fingerprint density at radius 1 is 1.15 bits per heavy atom. The first-order valence-electron chi connectivity index (χ1n) is 11.2. The molecule has 2 N–H and O–H groups in total. The van der Waals surface area contributed by atoms with Crippen LogP contribution in [0.5, 0.6) is 0 Å². The van der Waals surface area contributed by atoms with E-state index in [1.54, 1.807) is 11.3 Å². The highest BCUT2D eigenvalue weighted by molar-refractivity contribution is 7.71. The van der Waals surface area contributed by atoms with Gasteiger partial charge < -0.3 is 5.32 Å². The zero-order chi connectivity index (χ0) is 23.2. The Balaban J connectivity index is 1.48. The molecule has 0 aliphatic heterocycles. The van der Waals surface area contributed by atoms with E-state index in [0.717, 1.165) is 34.7 Å². The molecule has 0 aliphatic rings. The van der Waals surface area contributed by atoms with Crippen LogP contribution < -0.4 is 5.32 Å². The van der Waals surface area contributed by atoms with Crippen LogP contribution in [-0.4, -0.2) is 20.7 Å². The van der Waals surface area contributed by atoms with Gasteiger partial charge in [0.2, 0.25) is 5.91 Å². The third-order valence-electron chi connectivity index (χ3n) is 5.62. The normalized spacial score (nSPS) is 11.9. The van der Waals surface area contributed by atoms with Crippen molar-refractivity contribution in [2.45, 2.75) is 45.7 Å². The van der Waals surface area contributed by atoms with Gasteiger partial charge in [0.15, 0.2) is 10.6 Å². The molecular formula is C26H28N4OS2. The first-order valence-corrected chi connectivity index (χ1v) is 12.5. The Hall–Kier alpha value is -3.03. The predicted molar refractivity (Wildman–Crippen MR) is 137 cm³/mol. The van der Waals surface area contributed by atoms with Crippen molar-refractivity contribution in [2.75, 3.05) is 0 Å². The zero-order valence-corrected chi connectivity index (χ0v) is 20.5. The van der Waals surface area contributed by atoms with E-state index in [4.69, 9.17) is 12.2 Å². The lowest BCUT2D eigenvalue weighted by atomic mass is 10.0. The molecule has 0 aliphatic carbocycles. The van der Waals surface area contributed by atoms with Crippen molar-refractivity contribution in [2.24, 2.45) is 0 Å². The molecule has 5 nitrogen and oxygen atoms in total. The summed E-state index contributed by atoms with van der Waals surface area (Å²) < 4.78 is 2.40. The van der Waals surface area contributed by atoms with Crippen LogP contribution in [0, 0.1) is 11.7 Å². The van der Waals surface area contributed by atoms with Gasteiger partial charge in [-0.05, 0) is 48.1 Å². The Labute approximate surface area is 203 Å². The summed E-state index contributed by atoms with van der Waals surface area (Å²) in [5, 5.41) is 12.5. The number of carbonyl (C=O) groups excluding carboxylic acids is 1. The number of nitrogens with zero attached hydrogens (tertiary/aromatic N) is 2. The number of rotatable bonds is 9. The number of hydrogen-bond acceptors (Lipinski definition) is 4. The topological polar surface area (TPSA) is 62.7 Å². The first kappa shape index (κ1) is 23.1. The van der Waals surface area contributed by atoms with Crippen molar-refractivity contribution in [3.05, 3.63) is 92.4 Å². The van der Waals surface area contributed by atoms with Gasteiger partial charge in [0.05, 0.1) is 6.04 Å². The molecule has 1 atom stereocenters. The van der Waals surface area contributed by atoms with Crippen molar-refractivity contribution in [3.8, 4) is 11.4 Å². The minimum Gasteiger partial charge on any atom is -0.344 e. The lowest BCUT2D eigenvalue weighted by Crippen LogP contribution is -2.29. The zero-order valence-electron chi connectivity index (χ0n) is 18.9. The van der Waals surface area contributed by atoms with Crippen LogP contribution in [0.2, 0.25) is 0 Å². The second-order valence-electron chi connectivity index (χ2n) is 8.13. The Morgan fingerprint density at radius 2 is 1.91 bits per heavy atom. The first-order chi connectivity index (χ1) is 16.0. The van der Waals surface area contributed by atoms with Crippen LogP contribution in [-0.2, 0) is 17.8 Å². The summed E-state index contributed by atoms with van der Waals surface area (Å²) in [6, 6.07) is 20.6. The van der Waals surface area contributed by atoms with Gasteiger partial charge in [0, 0.05) is 23.4 Å². The molecule has 0 saturated heterocycles. The summed E-state index contributed by atoms with van der Waals surface area (Å²) in [7, 11) is 0. The number of carbonyl (C=O) groups is 1. The molecule has 170 valence electrons. The smallest absolute Gasteiger partial charge is 0.222 e. The SMILES string of the molecule is CCCc1ccc(C(NC(=O)CCn2c(-c3ccc(C)cc3)n[nH]c2=S)c2cccs2)cc1. The second-order valence-corrected chi connectivity index (χ2v) is 9.49. The quantitative estimate of drug-likeness (QED) is 0.282. The van der Waals surface area contributed by atoms with E-state index in [2.05, 4.69) is 52.8 Å². The second kappa shape index (κ2) is 10.7. The lowest BCUT2D eigenvalue weighted by Gasteiger charge is -2.19.